The van der Waals surface area contributed by atoms with Crippen molar-refractivity contribution in [3.8, 4) is 0 Å². The van der Waals surface area contributed by atoms with Crippen LogP contribution in [-0.4, -0.2) is 18.1 Å². The van der Waals surface area contributed by atoms with Crippen LogP contribution in [0.2, 0.25) is 0 Å². The Morgan fingerprint density at radius 1 is 1.20 bits per heavy atom. The quantitative estimate of drug-likeness (QED) is 0.700. The molecule has 1 atom stereocenters. The maximum atomic E-state index is 12.2. The van der Waals surface area contributed by atoms with Crippen molar-refractivity contribution < 1.29 is 9.59 Å². The smallest absolute Gasteiger partial charge is 0.149 e. The summed E-state index contributed by atoms with van der Waals surface area (Å²) in [5, 5.41) is 0. The fourth-order valence-electron chi connectivity index (χ4n) is 3.15. The van der Waals surface area contributed by atoms with Gasteiger partial charge in [-0.25, -0.2) is 0 Å². The van der Waals surface area contributed by atoms with E-state index >= 15 is 0 Å². The lowest BCUT2D eigenvalue weighted by molar-refractivity contribution is -0.138. The van der Waals surface area contributed by atoms with Crippen LogP contribution in [0.25, 0.3) is 0 Å². The summed E-state index contributed by atoms with van der Waals surface area (Å²) in [5.74, 6) is 0.337. The van der Waals surface area contributed by atoms with Gasteiger partial charge in [0.2, 0.25) is 0 Å². The second kappa shape index (κ2) is 4.05. The van der Waals surface area contributed by atoms with Gasteiger partial charge in [-0.1, -0.05) is 19.3 Å². The monoisotopic (exact) mass is 209 g/mol. The van der Waals surface area contributed by atoms with E-state index in [4.69, 9.17) is 5.73 Å². The van der Waals surface area contributed by atoms with Crippen molar-refractivity contribution in [1.82, 2.24) is 0 Å². The molecular formula is C12H19NO2. The van der Waals surface area contributed by atoms with Crippen LogP contribution in [0, 0.1) is 11.3 Å². The molecule has 0 heterocycles. The van der Waals surface area contributed by atoms with Gasteiger partial charge in [0.15, 0.2) is 0 Å². The third-order valence-corrected chi connectivity index (χ3v) is 4.03. The van der Waals surface area contributed by atoms with Crippen LogP contribution in [0.1, 0.15) is 44.9 Å². The van der Waals surface area contributed by atoms with Crippen LogP contribution in [0.15, 0.2) is 0 Å². The first-order chi connectivity index (χ1) is 7.20. The van der Waals surface area contributed by atoms with Crippen molar-refractivity contribution >= 4 is 11.6 Å². The molecule has 1 spiro atoms. The zero-order chi connectivity index (χ0) is 10.9. The summed E-state index contributed by atoms with van der Waals surface area (Å²) in [5.41, 5.74) is 4.90. The van der Waals surface area contributed by atoms with Gasteiger partial charge in [0.1, 0.15) is 11.6 Å². The van der Waals surface area contributed by atoms with E-state index in [1.54, 1.807) is 0 Å². The van der Waals surface area contributed by atoms with E-state index in [9.17, 15) is 9.59 Å². The van der Waals surface area contributed by atoms with Gasteiger partial charge in [0.05, 0.1) is 5.41 Å². The molecule has 2 rings (SSSR count). The first-order valence-electron chi connectivity index (χ1n) is 5.98. The summed E-state index contributed by atoms with van der Waals surface area (Å²) in [6, 6.07) is 0. The Balaban J connectivity index is 2.17. The topological polar surface area (TPSA) is 60.2 Å². The molecule has 0 saturated heterocycles. The largest absolute Gasteiger partial charge is 0.330 e. The van der Waals surface area contributed by atoms with Crippen LogP contribution in [0.5, 0.6) is 0 Å². The van der Waals surface area contributed by atoms with E-state index in [1.165, 1.54) is 6.42 Å². The molecule has 3 heteroatoms. The Labute approximate surface area is 90.4 Å². The van der Waals surface area contributed by atoms with Crippen molar-refractivity contribution in [2.24, 2.45) is 17.1 Å². The molecule has 2 saturated carbocycles. The Bertz CT molecular complexity index is 279. The van der Waals surface area contributed by atoms with Crippen molar-refractivity contribution in [2.45, 2.75) is 44.9 Å². The van der Waals surface area contributed by atoms with E-state index in [2.05, 4.69) is 0 Å². The first-order valence-corrected chi connectivity index (χ1v) is 5.98. The molecule has 84 valence electrons. The number of hydrogen-bond acceptors (Lipinski definition) is 3. The van der Waals surface area contributed by atoms with Crippen LogP contribution in [-0.2, 0) is 9.59 Å². The number of rotatable bonds is 2. The van der Waals surface area contributed by atoms with Gasteiger partial charge >= 0.3 is 0 Å². The lowest BCUT2D eigenvalue weighted by Gasteiger charge is -2.30. The van der Waals surface area contributed by atoms with Gasteiger partial charge in [-0.2, -0.15) is 0 Å². The standard InChI is InChI=1S/C12H19NO2/c13-7-4-9-8-10(14)12(11(9)15)5-2-1-3-6-12/h9H,1-8,13H2. The molecule has 15 heavy (non-hydrogen) atoms. The van der Waals surface area contributed by atoms with Gasteiger partial charge in [0, 0.05) is 12.3 Å². The third kappa shape index (κ3) is 1.63. The highest BCUT2D eigenvalue weighted by molar-refractivity contribution is 6.14. The fourth-order valence-corrected chi connectivity index (χ4v) is 3.15. The molecule has 1 unspecified atom stereocenters. The first kappa shape index (κ1) is 10.8. The van der Waals surface area contributed by atoms with Crippen LogP contribution < -0.4 is 5.73 Å². The zero-order valence-electron chi connectivity index (χ0n) is 9.13. The number of carbonyl (C=O) groups excluding carboxylic acids is 2. The van der Waals surface area contributed by atoms with E-state index in [1.807, 2.05) is 0 Å². The molecule has 0 aromatic carbocycles. The summed E-state index contributed by atoms with van der Waals surface area (Å²) in [4.78, 5) is 24.2. The molecule has 2 aliphatic carbocycles. The molecule has 2 N–H and O–H groups in total. The molecule has 0 amide bonds. The lowest BCUT2D eigenvalue weighted by Crippen LogP contribution is -2.36. The molecule has 3 nitrogen and oxygen atoms in total. The Morgan fingerprint density at radius 3 is 2.47 bits per heavy atom. The van der Waals surface area contributed by atoms with Crippen LogP contribution in [0.3, 0.4) is 0 Å². The van der Waals surface area contributed by atoms with Gasteiger partial charge < -0.3 is 5.73 Å². The summed E-state index contributed by atoms with van der Waals surface area (Å²) in [7, 11) is 0. The summed E-state index contributed by atoms with van der Waals surface area (Å²) >= 11 is 0. The number of carbonyl (C=O) groups is 2. The Kier molecular flexibility index (Phi) is 2.91. The highest BCUT2D eigenvalue weighted by atomic mass is 16.2. The fraction of sp³-hybridized carbons (Fsp3) is 0.833. The van der Waals surface area contributed by atoms with Crippen molar-refractivity contribution in [3.05, 3.63) is 0 Å². The highest BCUT2D eigenvalue weighted by Crippen LogP contribution is 2.46. The minimum atomic E-state index is -0.571. The summed E-state index contributed by atoms with van der Waals surface area (Å²) < 4.78 is 0. The Morgan fingerprint density at radius 2 is 1.87 bits per heavy atom. The molecule has 0 aliphatic heterocycles. The summed E-state index contributed by atoms with van der Waals surface area (Å²) in [6.07, 6.45) is 5.98. The minimum absolute atomic E-state index is 0.0689. The predicted octanol–water partition coefficient (Wildman–Crippen LogP) is 1.44. The molecule has 0 bridgehead atoms. The number of ketones is 2. The van der Waals surface area contributed by atoms with E-state index in [-0.39, 0.29) is 17.5 Å². The maximum Gasteiger partial charge on any atom is 0.149 e. The van der Waals surface area contributed by atoms with Crippen molar-refractivity contribution in [3.63, 3.8) is 0 Å². The van der Waals surface area contributed by atoms with Crippen LogP contribution in [0.4, 0.5) is 0 Å². The number of hydrogen-bond donors (Lipinski definition) is 1. The molecule has 0 aromatic heterocycles. The van der Waals surface area contributed by atoms with Crippen molar-refractivity contribution in [1.29, 1.82) is 0 Å². The second-order valence-corrected chi connectivity index (χ2v) is 4.91. The van der Waals surface area contributed by atoms with E-state index in [0.717, 1.165) is 25.7 Å². The second-order valence-electron chi connectivity index (χ2n) is 4.91. The molecule has 0 aromatic rings. The maximum absolute atomic E-state index is 12.2. The summed E-state index contributed by atoms with van der Waals surface area (Å²) in [6.45, 7) is 0.514. The van der Waals surface area contributed by atoms with Gasteiger partial charge in [0.25, 0.3) is 0 Å². The zero-order valence-corrected chi connectivity index (χ0v) is 9.13. The molecule has 2 aliphatic rings. The minimum Gasteiger partial charge on any atom is -0.330 e. The van der Waals surface area contributed by atoms with Crippen molar-refractivity contribution in [2.75, 3.05) is 6.54 Å². The molecule has 0 radical (unpaired) electrons. The third-order valence-electron chi connectivity index (χ3n) is 4.03. The number of Topliss-reactive ketones (excluding diaryl/α,β-unsaturated/α-hetero) is 2. The van der Waals surface area contributed by atoms with E-state index in [0.29, 0.717) is 19.4 Å². The van der Waals surface area contributed by atoms with E-state index < -0.39 is 5.41 Å². The van der Waals surface area contributed by atoms with Gasteiger partial charge in [-0.15, -0.1) is 0 Å². The van der Waals surface area contributed by atoms with Gasteiger partial charge in [-0.3, -0.25) is 9.59 Å². The average Bonchev–Trinajstić information content (AvgIpc) is 2.47. The van der Waals surface area contributed by atoms with Crippen LogP contribution >= 0.6 is 0 Å². The SMILES string of the molecule is NCCC1CC(=O)C2(CCCCC2)C1=O. The Hall–Kier alpha value is -0.700. The molecular weight excluding hydrogens is 190 g/mol. The lowest BCUT2D eigenvalue weighted by atomic mass is 9.71. The molecule has 2 fully saturated rings. The average molecular weight is 209 g/mol. The number of nitrogens with two attached hydrogens (primary N) is 1. The normalized spacial score (nSPS) is 30.1. The predicted molar refractivity (Wildman–Crippen MR) is 57.3 cm³/mol. The van der Waals surface area contributed by atoms with Gasteiger partial charge in [-0.05, 0) is 25.8 Å². The highest BCUT2D eigenvalue weighted by Gasteiger charge is 2.53.